The number of amides is 1. The maximum Gasteiger partial charge on any atom is 0.270 e. The van der Waals surface area contributed by atoms with Gasteiger partial charge in [0.25, 0.3) is 5.56 Å². The molecule has 6 heteroatoms. The van der Waals surface area contributed by atoms with Crippen LogP contribution >= 0.6 is 0 Å². The number of ether oxygens (including phenoxy) is 1. The minimum Gasteiger partial charge on any atom is -0.457 e. The number of aromatic amines is 1. The van der Waals surface area contributed by atoms with Gasteiger partial charge in [0.15, 0.2) is 0 Å². The van der Waals surface area contributed by atoms with Crippen molar-refractivity contribution in [2.75, 3.05) is 5.32 Å². The van der Waals surface area contributed by atoms with E-state index in [0.29, 0.717) is 17.1 Å². The number of carbonyl (C=O) groups excluding carboxylic acids is 1. The number of H-pyrrole nitrogens is 1. The zero-order valence-corrected chi connectivity index (χ0v) is 15.2. The number of para-hydroxylation sites is 1. The molecule has 0 radical (unpaired) electrons. The number of nitrogens with one attached hydrogen (secondary N) is 2. The van der Waals surface area contributed by atoms with Crippen molar-refractivity contribution in [3.05, 3.63) is 76.1 Å². The average molecular weight is 363 g/mol. The van der Waals surface area contributed by atoms with Gasteiger partial charge in [-0.3, -0.25) is 19.4 Å². The van der Waals surface area contributed by atoms with E-state index in [1.807, 2.05) is 68.4 Å². The molecular weight excluding hydrogens is 342 g/mol. The fourth-order valence-electron chi connectivity index (χ4n) is 3.48. The standard InChI is InChI=1S/C21H21N3O3/c1-13(2)24-20-19(21(26)23-24)17(12-18(25)22-20)14-7-6-10-16(11-14)27-15-8-4-3-5-9-15/h3-11,13,17H,12H2,1-2H3,(H,22,25)(H,23,26). The van der Waals surface area contributed by atoms with Gasteiger partial charge in [0, 0.05) is 18.4 Å². The molecule has 1 amide bonds. The summed E-state index contributed by atoms with van der Waals surface area (Å²) >= 11 is 0. The van der Waals surface area contributed by atoms with Crippen molar-refractivity contribution < 1.29 is 9.53 Å². The lowest BCUT2D eigenvalue weighted by Gasteiger charge is -2.24. The van der Waals surface area contributed by atoms with Gasteiger partial charge >= 0.3 is 0 Å². The van der Waals surface area contributed by atoms with E-state index in [1.165, 1.54) is 0 Å². The molecule has 0 aliphatic carbocycles. The first-order valence-electron chi connectivity index (χ1n) is 9.00. The predicted molar refractivity (Wildman–Crippen MR) is 103 cm³/mol. The highest BCUT2D eigenvalue weighted by molar-refractivity contribution is 5.94. The molecule has 1 aromatic heterocycles. The SMILES string of the molecule is CC(C)n1[nH]c(=O)c2c1NC(=O)CC2c1cccc(Oc2ccccc2)c1. The molecule has 0 bridgehead atoms. The van der Waals surface area contributed by atoms with Crippen molar-refractivity contribution in [2.45, 2.75) is 32.2 Å². The Morgan fingerprint density at radius 3 is 2.52 bits per heavy atom. The lowest BCUT2D eigenvalue weighted by atomic mass is 9.87. The number of carbonyl (C=O) groups is 1. The van der Waals surface area contributed by atoms with Gasteiger partial charge in [-0.05, 0) is 43.7 Å². The van der Waals surface area contributed by atoms with Crippen molar-refractivity contribution in [1.82, 2.24) is 9.78 Å². The summed E-state index contributed by atoms with van der Waals surface area (Å²) in [5.41, 5.74) is 1.31. The van der Waals surface area contributed by atoms with Crippen molar-refractivity contribution in [2.24, 2.45) is 0 Å². The second kappa shape index (κ2) is 6.79. The van der Waals surface area contributed by atoms with Crippen LogP contribution in [-0.2, 0) is 4.79 Å². The van der Waals surface area contributed by atoms with Gasteiger partial charge < -0.3 is 10.1 Å². The topological polar surface area (TPSA) is 76.1 Å². The molecule has 6 nitrogen and oxygen atoms in total. The van der Waals surface area contributed by atoms with Crippen LogP contribution in [0.5, 0.6) is 11.5 Å². The molecule has 27 heavy (non-hydrogen) atoms. The van der Waals surface area contributed by atoms with E-state index in [0.717, 1.165) is 11.3 Å². The predicted octanol–water partition coefficient (Wildman–Crippen LogP) is 4.02. The van der Waals surface area contributed by atoms with Gasteiger partial charge in [-0.25, -0.2) is 0 Å². The van der Waals surface area contributed by atoms with E-state index in [2.05, 4.69) is 10.4 Å². The number of nitrogens with zero attached hydrogens (tertiary/aromatic N) is 1. The average Bonchev–Trinajstić information content (AvgIpc) is 2.99. The summed E-state index contributed by atoms with van der Waals surface area (Å²) in [7, 11) is 0. The Hall–Kier alpha value is -3.28. The summed E-state index contributed by atoms with van der Waals surface area (Å²) in [5.74, 6) is 1.56. The zero-order valence-electron chi connectivity index (χ0n) is 15.2. The summed E-state index contributed by atoms with van der Waals surface area (Å²) < 4.78 is 7.62. The molecule has 2 heterocycles. The number of rotatable bonds is 4. The van der Waals surface area contributed by atoms with Crippen LogP contribution in [0.15, 0.2) is 59.4 Å². The first kappa shape index (κ1) is 17.1. The first-order chi connectivity index (χ1) is 13.0. The second-order valence-corrected chi connectivity index (χ2v) is 6.96. The Bertz CT molecular complexity index is 1030. The number of hydrogen-bond acceptors (Lipinski definition) is 3. The van der Waals surface area contributed by atoms with Crippen LogP contribution in [0.2, 0.25) is 0 Å². The minimum atomic E-state index is -0.308. The summed E-state index contributed by atoms with van der Waals surface area (Å²) in [4.78, 5) is 24.9. The first-order valence-corrected chi connectivity index (χ1v) is 9.00. The Labute approximate surface area is 156 Å². The molecule has 4 rings (SSSR count). The number of benzene rings is 2. The van der Waals surface area contributed by atoms with Crippen LogP contribution < -0.4 is 15.6 Å². The number of aromatic nitrogens is 2. The van der Waals surface area contributed by atoms with Crippen LogP contribution in [0.1, 0.15) is 43.4 Å². The summed E-state index contributed by atoms with van der Waals surface area (Å²) in [6.45, 7) is 3.92. The minimum absolute atomic E-state index is 0.0354. The van der Waals surface area contributed by atoms with Crippen LogP contribution in [0.4, 0.5) is 5.82 Å². The monoisotopic (exact) mass is 363 g/mol. The summed E-state index contributed by atoms with van der Waals surface area (Å²) in [5, 5.41) is 5.69. The molecular formula is C21H21N3O3. The Morgan fingerprint density at radius 2 is 1.78 bits per heavy atom. The largest absolute Gasteiger partial charge is 0.457 e. The molecule has 0 spiro atoms. The molecule has 1 aliphatic rings. The lowest BCUT2D eigenvalue weighted by Crippen LogP contribution is -2.27. The molecule has 3 aromatic rings. The Balaban J connectivity index is 1.74. The third-order valence-corrected chi connectivity index (χ3v) is 4.71. The van der Waals surface area contributed by atoms with Gasteiger partial charge in [0.1, 0.15) is 17.3 Å². The van der Waals surface area contributed by atoms with Gasteiger partial charge in [0.05, 0.1) is 5.56 Å². The highest BCUT2D eigenvalue weighted by Gasteiger charge is 2.33. The number of anilines is 1. The molecule has 1 unspecified atom stereocenters. The Kier molecular flexibility index (Phi) is 4.32. The van der Waals surface area contributed by atoms with E-state index < -0.39 is 0 Å². The quantitative estimate of drug-likeness (QED) is 0.735. The molecule has 0 saturated carbocycles. The van der Waals surface area contributed by atoms with Crippen LogP contribution in [0.3, 0.4) is 0 Å². The zero-order chi connectivity index (χ0) is 19.0. The van der Waals surface area contributed by atoms with Gasteiger partial charge in [-0.1, -0.05) is 30.3 Å². The summed E-state index contributed by atoms with van der Waals surface area (Å²) in [6.07, 6.45) is 0.229. The van der Waals surface area contributed by atoms with Crippen molar-refractivity contribution >= 4 is 11.7 Å². The van der Waals surface area contributed by atoms with Crippen LogP contribution in [0, 0.1) is 0 Å². The fourth-order valence-corrected chi connectivity index (χ4v) is 3.48. The van der Waals surface area contributed by atoms with Crippen molar-refractivity contribution in [3.63, 3.8) is 0 Å². The van der Waals surface area contributed by atoms with E-state index in [9.17, 15) is 9.59 Å². The highest BCUT2D eigenvalue weighted by Crippen LogP contribution is 2.37. The van der Waals surface area contributed by atoms with Gasteiger partial charge in [0.2, 0.25) is 5.91 Å². The van der Waals surface area contributed by atoms with E-state index >= 15 is 0 Å². The Morgan fingerprint density at radius 1 is 1.04 bits per heavy atom. The normalized spacial score (nSPS) is 16.1. The molecule has 2 N–H and O–H groups in total. The van der Waals surface area contributed by atoms with Gasteiger partial charge in [-0.15, -0.1) is 0 Å². The smallest absolute Gasteiger partial charge is 0.270 e. The number of hydrogen-bond donors (Lipinski definition) is 2. The van der Waals surface area contributed by atoms with Crippen molar-refractivity contribution in [3.8, 4) is 11.5 Å². The van der Waals surface area contributed by atoms with E-state index in [-0.39, 0.29) is 29.8 Å². The van der Waals surface area contributed by atoms with E-state index in [4.69, 9.17) is 4.74 Å². The third kappa shape index (κ3) is 3.26. The molecule has 2 aromatic carbocycles. The second-order valence-electron chi connectivity index (χ2n) is 6.96. The van der Waals surface area contributed by atoms with Crippen LogP contribution in [0.25, 0.3) is 0 Å². The highest BCUT2D eigenvalue weighted by atomic mass is 16.5. The molecule has 138 valence electrons. The molecule has 1 atom stereocenters. The fraction of sp³-hybridized carbons (Fsp3) is 0.238. The summed E-state index contributed by atoms with van der Waals surface area (Å²) in [6, 6.07) is 17.1. The van der Waals surface area contributed by atoms with Crippen molar-refractivity contribution in [1.29, 1.82) is 0 Å². The number of fused-ring (bicyclic) bond motifs is 1. The maximum atomic E-state index is 12.6. The molecule has 0 saturated heterocycles. The lowest BCUT2D eigenvalue weighted by molar-refractivity contribution is -0.116. The molecule has 0 fully saturated rings. The van der Waals surface area contributed by atoms with Crippen LogP contribution in [-0.4, -0.2) is 15.7 Å². The van der Waals surface area contributed by atoms with Gasteiger partial charge in [-0.2, -0.15) is 0 Å². The van der Waals surface area contributed by atoms with E-state index in [1.54, 1.807) is 4.68 Å². The maximum absolute atomic E-state index is 12.6. The molecule has 1 aliphatic heterocycles. The third-order valence-electron chi connectivity index (χ3n) is 4.71.